The predicted molar refractivity (Wildman–Crippen MR) is 101 cm³/mol. The Bertz CT molecular complexity index is 756. The van der Waals surface area contributed by atoms with Crippen molar-refractivity contribution in [3.8, 4) is 5.75 Å². The number of para-hydroxylation sites is 1. The second kappa shape index (κ2) is 9.98. The van der Waals surface area contributed by atoms with E-state index < -0.39 is 11.8 Å². The summed E-state index contributed by atoms with van der Waals surface area (Å²) >= 11 is 0. The summed E-state index contributed by atoms with van der Waals surface area (Å²) in [6.07, 6.45) is 1.47. The zero-order chi connectivity index (χ0) is 18.8. The fourth-order valence-corrected chi connectivity index (χ4v) is 2.32. The number of hydrazone groups is 1. The van der Waals surface area contributed by atoms with Gasteiger partial charge in [-0.05, 0) is 31.5 Å². The maximum Gasteiger partial charge on any atom is 0.329 e. The number of hydrogen-bond donors (Lipinski definition) is 1. The number of amides is 2. The molecular weight excluding hydrogens is 330 g/mol. The Hall–Kier alpha value is -3.15. The molecule has 1 N–H and O–H groups in total. The van der Waals surface area contributed by atoms with Gasteiger partial charge >= 0.3 is 11.8 Å². The number of carbonyl (C=O) groups excluding carboxylic acids is 2. The van der Waals surface area contributed by atoms with Gasteiger partial charge in [-0.2, -0.15) is 5.10 Å². The molecule has 0 saturated heterocycles. The predicted octanol–water partition coefficient (Wildman–Crippen LogP) is 2.58. The molecule has 0 aromatic heterocycles. The van der Waals surface area contributed by atoms with Gasteiger partial charge in [-0.3, -0.25) is 9.59 Å². The first-order valence-electron chi connectivity index (χ1n) is 8.53. The van der Waals surface area contributed by atoms with E-state index in [1.54, 1.807) is 0 Å². The van der Waals surface area contributed by atoms with E-state index in [0.29, 0.717) is 31.0 Å². The van der Waals surface area contributed by atoms with Crippen molar-refractivity contribution < 1.29 is 14.3 Å². The SMILES string of the molecule is CCN(CC)C(=O)C(=O)NN=Cc1ccccc1OCc1ccccc1. The Labute approximate surface area is 153 Å². The summed E-state index contributed by atoms with van der Waals surface area (Å²) in [5.41, 5.74) is 4.03. The van der Waals surface area contributed by atoms with Gasteiger partial charge < -0.3 is 9.64 Å². The third-order valence-electron chi connectivity index (χ3n) is 3.77. The van der Waals surface area contributed by atoms with Crippen molar-refractivity contribution in [2.45, 2.75) is 20.5 Å². The number of likely N-dealkylation sites (N-methyl/N-ethyl adjacent to an activating group) is 1. The maximum absolute atomic E-state index is 11.9. The molecule has 6 nitrogen and oxygen atoms in total. The number of benzene rings is 2. The van der Waals surface area contributed by atoms with Gasteiger partial charge in [-0.25, -0.2) is 5.43 Å². The molecule has 2 aromatic carbocycles. The van der Waals surface area contributed by atoms with Crippen LogP contribution in [0, 0.1) is 0 Å². The van der Waals surface area contributed by atoms with Gasteiger partial charge in [0.05, 0.1) is 6.21 Å². The van der Waals surface area contributed by atoms with Crippen LogP contribution < -0.4 is 10.2 Å². The molecule has 0 aliphatic heterocycles. The van der Waals surface area contributed by atoms with Crippen LogP contribution in [0.5, 0.6) is 5.75 Å². The van der Waals surface area contributed by atoms with Crippen LogP contribution in [-0.4, -0.2) is 36.0 Å². The number of hydrogen-bond acceptors (Lipinski definition) is 4. The molecule has 0 fully saturated rings. The molecule has 6 heteroatoms. The largest absolute Gasteiger partial charge is 0.488 e. The summed E-state index contributed by atoms with van der Waals surface area (Å²) in [6, 6.07) is 17.2. The van der Waals surface area contributed by atoms with Crippen molar-refractivity contribution >= 4 is 18.0 Å². The smallest absolute Gasteiger partial charge is 0.329 e. The number of rotatable bonds is 7. The zero-order valence-electron chi connectivity index (χ0n) is 15.0. The molecule has 26 heavy (non-hydrogen) atoms. The van der Waals surface area contributed by atoms with E-state index in [9.17, 15) is 9.59 Å². The van der Waals surface area contributed by atoms with Crippen LogP contribution in [0.4, 0.5) is 0 Å². The maximum atomic E-state index is 11.9. The van der Waals surface area contributed by atoms with E-state index >= 15 is 0 Å². The third kappa shape index (κ3) is 5.44. The van der Waals surface area contributed by atoms with Crippen LogP contribution in [0.1, 0.15) is 25.0 Å². The van der Waals surface area contributed by atoms with E-state index in [2.05, 4.69) is 10.5 Å². The third-order valence-corrected chi connectivity index (χ3v) is 3.77. The van der Waals surface area contributed by atoms with Crippen molar-refractivity contribution in [2.75, 3.05) is 13.1 Å². The summed E-state index contributed by atoms with van der Waals surface area (Å²) in [4.78, 5) is 25.2. The molecule has 0 saturated carbocycles. The highest BCUT2D eigenvalue weighted by atomic mass is 16.5. The Balaban J connectivity index is 1.97. The Morgan fingerprint density at radius 3 is 2.38 bits per heavy atom. The van der Waals surface area contributed by atoms with E-state index in [0.717, 1.165) is 5.56 Å². The Morgan fingerprint density at radius 1 is 1.04 bits per heavy atom. The van der Waals surface area contributed by atoms with Crippen molar-refractivity contribution in [1.82, 2.24) is 10.3 Å². The van der Waals surface area contributed by atoms with E-state index in [1.807, 2.05) is 68.4 Å². The quantitative estimate of drug-likeness (QED) is 0.472. The van der Waals surface area contributed by atoms with Crippen LogP contribution in [0.2, 0.25) is 0 Å². The van der Waals surface area contributed by atoms with Crippen molar-refractivity contribution in [1.29, 1.82) is 0 Å². The van der Waals surface area contributed by atoms with Crippen molar-refractivity contribution in [3.05, 3.63) is 65.7 Å². The molecule has 0 radical (unpaired) electrons. The molecule has 2 aromatic rings. The number of ether oxygens (including phenoxy) is 1. The first-order chi connectivity index (χ1) is 12.7. The van der Waals surface area contributed by atoms with Gasteiger partial charge in [0.15, 0.2) is 0 Å². The fourth-order valence-electron chi connectivity index (χ4n) is 2.32. The minimum absolute atomic E-state index is 0.429. The summed E-state index contributed by atoms with van der Waals surface area (Å²) in [5, 5.41) is 3.88. The van der Waals surface area contributed by atoms with Gasteiger partial charge in [-0.1, -0.05) is 42.5 Å². The van der Waals surface area contributed by atoms with E-state index in [-0.39, 0.29) is 0 Å². The normalized spacial score (nSPS) is 10.5. The molecule has 136 valence electrons. The first kappa shape index (κ1) is 19.2. The number of nitrogens with one attached hydrogen (secondary N) is 1. The molecule has 0 heterocycles. The van der Waals surface area contributed by atoms with Crippen LogP contribution in [0.15, 0.2) is 59.7 Å². The first-order valence-corrected chi connectivity index (χ1v) is 8.53. The van der Waals surface area contributed by atoms with Crippen LogP contribution in [0.3, 0.4) is 0 Å². The highest BCUT2D eigenvalue weighted by Crippen LogP contribution is 2.17. The summed E-state index contributed by atoms with van der Waals surface area (Å²) in [6.45, 7) is 5.01. The lowest BCUT2D eigenvalue weighted by atomic mass is 10.2. The molecule has 2 amide bonds. The molecule has 0 aliphatic carbocycles. The molecule has 2 rings (SSSR count). The van der Waals surface area contributed by atoms with Crippen molar-refractivity contribution in [2.24, 2.45) is 5.10 Å². The van der Waals surface area contributed by atoms with E-state index in [1.165, 1.54) is 11.1 Å². The minimum Gasteiger partial charge on any atom is -0.488 e. The second-order valence-electron chi connectivity index (χ2n) is 5.49. The highest BCUT2D eigenvalue weighted by Gasteiger charge is 2.18. The molecule has 0 atom stereocenters. The lowest BCUT2D eigenvalue weighted by Gasteiger charge is -2.16. The van der Waals surface area contributed by atoms with E-state index in [4.69, 9.17) is 4.74 Å². The molecular formula is C20H23N3O3. The minimum atomic E-state index is -0.757. The van der Waals surface area contributed by atoms with Gasteiger partial charge in [0.2, 0.25) is 0 Å². The lowest BCUT2D eigenvalue weighted by Crippen LogP contribution is -2.41. The van der Waals surface area contributed by atoms with Gasteiger partial charge in [0.1, 0.15) is 12.4 Å². The molecule has 0 unspecified atom stereocenters. The van der Waals surface area contributed by atoms with Gasteiger partial charge in [-0.15, -0.1) is 0 Å². The molecule has 0 aliphatic rings. The monoisotopic (exact) mass is 353 g/mol. The summed E-state index contributed by atoms with van der Waals surface area (Å²) in [5.74, 6) is -0.710. The Morgan fingerprint density at radius 2 is 1.69 bits per heavy atom. The topological polar surface area (TPSA) is 71.0 Å². The average molecular weight is 353 g/mol. The van der Waals surface area contributed by atoms with Crippen LogP contribution in [-0.2, 0) is 16.2 Å². The molecule has 0 bridgehead atoms. The lowest BCUT2D eigenvalue weighted by molar-refractivity contribution is -0.145. The molecule has 0 spiro atoms. The summed E-state index contributed by atoms with van der Waals surface area (Å²) in [7, 11) is 0. The standard InChI is InChI=1S/C20H23N3O3/c1-3-23(4-2)20(25)19(24)22-21-14-17-12-8-9-13-18(17)26-15-16-10-6-5-7-11-16/h5-14H,3-4,15H2,1-2H3,(H,22,24). The highest BCUT2D eigenvalue weighted by molar-refractivity contribution is 6.34. The Kier molecular flexibility index (Phi) is 7.36. The second-order valence-corrected chi connectivity index (χ2v) is 5.49. The van der Waals surface area contributed by atoms with Crippen molar-refractivity contribution in [3.63, 3.8) is 0 Å². The number of nitrogens with zero attached hydrogens (tertiary/aromatic N) is 2. The average Bonchev–Trinajstić information content (AvgIpc) is 2.68. The zero-order valence-corrected chi connectivity index (χ0v) is 15.0. The van der Waals surface area contributed by atoms with Gasteiger partial charge in [0, 0.05) is 18.7 Å². The summed E-state index contributed by atoms with van der Waals surface area (Å²) < 4.78 is 5.82. The van der Waals surface area contributed by atoms with Crippen LogP contribution >= 0.6 is 0 Å². The van der Waals surface area contributed by atoms with Gasteiger partial charge in [0.25, 0.3) is 0 Å². The number of carbonyl (C=O) groups is 2. The van der Waals surface area contributed by atoms with Crippen LogP contribution in [0.25, 0.3) is 0 Å². The fraction of sp³-hybridized carbons (Fsp3) is 0.250.